The van der Waals surface area contributed by atoms with Crippen LogP contribution in [0.3, 0.4) is 0 Å². The van der Waals surface area contributed by atoms with Gasteiger partial charge in [-0.3, -0.25) is 0 Å². The molecule has 0 aliphatic carbocycles. The Morgan fingerprint density at radius 3 is 2.32 bits per heavy atom. The molecule has 2 aromatic rings. The van der Waals surface area contributed by atoms with Gasteiger partial charge in [0.05, 0.1) is 39.2 Å². The highest BCUT2D eigenvalue weighted by molar-refractivity contribution is 6.42. The van der Waals surface area contributed by atoms with Gasteiger partial charge in [-0.1, -0.05) is 34.8 Å². The summed E-state index contributed by atoms with van der Waals surface area (Å²) < 4.78 is 5.14. The van der Waals surface area contributed by atoms with Gasteiger partial charge in [-0.25, -0.2) is 0 Å². The van der Waals surface area contributed by atoms with E-state index in [-0.39, 0.29) is 0 Å². The number of ether oxygens (including phenoxy) is 1. The maximum atomic E-state index is 6.11. The van der Waals surface area contributed by atoms with Crippen molar-refractivity contribution in [3.8, 4) is 5.75 Å². The lowest BCUT2D eigenvalue weighted by Gasteiger charge is -2.13. The number of methoxy groups -OCH3 is 1. The van der Waals surface area contributed by atoms with Crippen molar-refractivity contribution < 1.29 is 4.74 Å². The molecular weight excluding hydrogens is 307 g/mol. The molecule has 0 radical (unpaired) electrons. The van der Waals surface area contributed by atoms with Crippen LogP contribution < -0.4 is 15.8 Å². The van der Waals surface area contributed by atoms with Crippen LogP contribution in [-0.4, -0.2) is 7.11 Å². The Balaban J connectivity index is 2.38. The molecule has 0 atom stereocenters. The zero-order valence-corrected chi connectivity index (χ0v) is 12.3. The van der Waals surface area contributed by atoms with Crippen molar-refractivity contribution in [2.45, 2.75) is 0 Å². The smallest absolute Gasteiger partial charge is 0.121 e. The summed E-state index contributed by atoms with van der Waals surface area (Å²) >= 11 is 18.0. The highest BCUT2D eigenvalue weighted by atomic mass is 35.5. The summed E-state index contributed by atoms with van der Waals surface area (Å²) in [6.07, 6.45) is 0. The van der Waals surface area contributed by atoms with Gasteiger partial charge >= 0.3 is 0 Å². The Labute approximate surface area is 126 Å². The number of nitrogen functional groups attached to an aromatic ring is 1. The quantitative estimate of drug-likeness (QED) is 0.785. The first kappa shape index (κ1) is 14.1. The number of rotatable bonds is 3. The van der Waals surface area contributed by atoms with Gasteiger partial charge in [-0.2, -0.15) is 0 Å². The third-order valence-electron chi connectivity index (χ3n) is 2.54. The summed E-state index contributed by atoms with van der Waals surface area (Å²) in [6.45, 7) is 0. The molecule has 100 valence electrons. The van der Waals surface area contributed by atoms with Crippen LogP contribution in [0.15, 0.2) is 30.3 Å². The minimum absolute atomic E-state index is 0.404. The van der Waals surface area contributed by atoms with Crippen LogP contribution in [0.5, 0.6) is 5.75 Å². The van der Waals surface area contributed by atoms with E-state index in [0.29, 0.717) is 37.9 Å². The van der Waals surface area contributed by atoms with Gasteiger partial charge in [-0.05, 0) is 24.3 Å². The summed E-state index contributed by atoms with van der Waals surface area (Å²) in [7, 11) is 1.58. The molecule has 0 bridgehead atoms. The maximum Gasteiger partial charge on any atom is 0.121 e. The standard InChI is InChI=1S/C13H11Cl3N2O/c1-19-7-2-3-8(14)12(4-7)18-13-6-10(16)9(15)5-11(13)17/h2-6,18H,17H2,1H3. The van der Waals surface area contributed by atoms with Crippen molar-refractivity contribution in [3.63, 3.8) is 0 Å². The molecule has 3 nitrogen and oxygen atoms in total. The SMILES string of the molecule is COc1ccc(Cl)c(Nc2cc(Cl)c(Cl)cc2N)c1. The molecule has 2 rings (SSSR count). The summed E-state index contributed by atoms with van der Waals surface area (Å²) in [5.74, 6) is 0.686. The van der Waals surface area contributed by atoms with Crippen LogP contribution in [0.2, 0.25) is 15.1 Å². The molecule has 0 fully saturated rings. The lowest BCUT2D eigenvalue weighted by molar-refractivity contribution is 0.415. The molecule has 0 saturated carbocycles. The molecule has 0 aliphatic rings. The lowest BCUT2D eigenvalue weighted by Crippen LogP contribution is -1.97. The molecule has 2 aromatic carbocycles. The first-order valence-electron chi connectivity index (χ1n) is 5.36. The second-order valence-corrected chi connectivity index (χ2v) is 5.05. The van der Waals surface area contributed by atoms with Crippen molar-refractivity contribution in [2.24, 2.45) is 0 Å². The Hall–Kier alpha value is -1.29. The van der Waals surface area contributed by atoms with E-state index >= 15 is 0 Å². The molecule has 0 amide bonds. The number of benzene rings is 2. The average molecular weight is 318 g/mol. The van der Waals surface area contributed by atoms with Gasteiger partial charge in [0.1, 0.15) is 5.75 Å². The van der Waals surface area contributed by atoms with Crippen LogP contribution in [0.25, 0.3) is 0 Å². The Bertz CT molecular complexity index is 617. The van der Waals surface area contributed by atoms with Gasteiger partial charge in [-0.15, -0.1) is 0 Å². The number of halogens is 3. The fourth-order valence-electron chi connectivity index (χ4n) is 1.54. The first-order valence-corrected chi connectivity index (χ1v) is 6.49. The van der Waals surface area contributed by atoms with Crippen molar-refractivity contribution in [2.75, 3.05) is 18.2 Å². The number of nitrogens with one attached hydrogen (secondary N) is 1. The Morgan fingerprint density at radius 2 is 1.63 bits per heavy atom. The summed E-state index contributed by atoms with van der Waals surface area (Å²) in [5.41, 5.74) is 7.66. The summed E-state index contributed by atoms with van der Waals surface area (Å²) in [4.78, 5) is 0. The number of anilines is 3. The fraction of sp³-hybridized carbons (Fsp3) is 0.0769. The monoisotopic (exact) mass is 316 g/mol. The molecule has 19 heavy (non-hydrogen) atoms. The second kappa shape index (κ2) is 5.78. The summed E-state index contributed by atoms with van der Waals surface area (Å²) in [6, 6.07) is 8.50. The molecule has 0 spiro atoms. The number of hydrogen-bond donors (Lipinski definition) is 2. The average Bonchev–Trinajstić information content (AvgIpc) is 2.38. The second-order valence-electron chi connectivity index (χ2n) is 3.82. The van der Waals surface area contributed by atoms with Crippen LogP contribution in [-0.2, 0) is 0 Å². The Kier molecular flexibility index (Phi) is 4.30. The van der Waals surface area contributed by atoms with Gasteiger partial charge in [0, 0.05) is 6.07 Å². The highest BCUT2D eigenvalue weighted by Gasteiger charge is 2.08. The normalized spacial score (nSPS) is 10.3. The molecule has 0 aromatic heterocycles. The van der Waals surface area contributed by atoms with E-state index in [1.165, 1.54) is 0 Å². The summed E-state index contributed by atoms with van der Waals surface area (Å²) in [5, 5.41) is 4.47. The predicted molar refractivity (Wildman–Crippen MR) is 82.2 cm³/mol. The van der Waals surface area contributed by atoms with E-state index in [2.05, 4.69) is 5.32 Å². The zero-order valence-electron chi connectivity index (χ0n) is 10.0. The maximum absolute atomic E-state index is 6.11. The van der Waals surface area contributed by atoms with Gasteiger partial charge in [0.25, 0.3) is 0 Å². The van der Waals surface area contributed by atoms with Crippen LogP contribution in [0.4, 0.5) is 17.1 Å². The molecule has 3 N–H and O–H groups in total. The number of nitrogens with two attached hydrogens (primary N) is 1. The van der Waals surface area contributed by atoms with Gasteiger partial charge in [0.2, 0.25) is 0 Å². The van der Waals surface area contributed by atoms with E-state index in [4.69, 9.17) is 45.3 Å². The Morgan fingerprint density at radius 1 is 0.947 bits per heavy atom. The van der Waals surface area contributed by atoms with Crippen LogP contribution in [0, 0.1) is 0 Å². The third-order valence-corrected chi connectivity index (χ3v) is 3.59. The minimum atomic E-state index is 0.404. The highest BCUT2D eigenvalue weighted by Crippen LogP contribution is 2.35. The van der Waals surface area contributed by atoms with Gasteiger partial charge in [0.15, 0.2) is 0 Å². The largest absolute Gasteiger partial charge is 0.497 e. The third kappa shape index (κ3) is 3.18. The molecule has 0 saturated heterocycles. The van der Waals surface area contributed by atoms with Crippen LogP contribution >= 0.6 is 34.8 Å². The molecule has 0 aliphatic heterocycles. The predicted octanol–water partition coefficient (Wildman–Crippen LogP) is 4.98. The molecular formula is C13H11Cl3N2O. The topological polar surface area (TPSA) is 47.3 Å². The van der Waals surface area contributed by atoms with E-state index < -0.39 is 0 Å². The number of hydrogen-bond acceptors (Lipinski definition) is 3. The molecule has 6 heteroatoms. The van der Waals surface area contributed by atoms with E-state index in [1.807, 2.05) is 0 Å². The van der Waals surface area contributed by atoms with Crippen molar-refractivity contribution in [3.05, 3.63) is 45.4 Å². The van der Waals surface area contributed by atoms with Crippen molar-refractivity contribution in [1.29, 1.82) is 0 Å². The molecule has 0 unspecified atom stereocenters. The minimum Gasteiger partial charge on any atom is -0.497 e. The van der Waals surface area contributed by atoms with Gasteiger partial charge < -0.3 is 15.8 Å². The van der Waals surface area contributed by atoms with Crippen LogP contribution in [0.1, 0.15) is 0 Å². The fourth-order valence-corrected chi connectivity index (χ4v) is 2.04. The van der Waals surface area contributed by atoms with E-state index in [0.717, 1.165) is 0 Å². The van der Waals surface area contributed by atoms with Crippen molar-refractivity contribution >= 4 is 51.9 Å². The van der Waals surface area contributed by atoms with E-state index in [1.54, 1.807) is 37.4 Å². The first-order chi connectivity index (χ1) is 9.01. The van der Waals surface area contributed by atoms with E-state index in [9.17, 15) is 0 Å². The van der Waals surface area contributed by atoms with Crippen molar-refractivity contribution in [1.82, 2.24) is 0 Å². The zero-order chi connectivity index (χ0) is 14.0. The lowest BCUT2D eigenvalue weighted by atomic mass is 10.2. The molecule has 0 heterocycles.